The van der Waals surface area contributed by atoms with Crippen LogP contribution in [0.2, 0.25) is 0 Å². The molecule has 0 spiro atoms. The van der Waals surface area contributed by atoms with Gasteiger partial charge >= 0.3 is 0 Å². The summed E-state index contributed by atoms with van der Waals surface area (Å²) in [5.74, 6) is -0.672. The molecule has 84 valence electrons. The number of nitro groups is 1. The first kappa shape index (κ1) is 12.3. The van der Waals surface area contributed by atoms with Gasteiger partial charge in [-0.1, -0.05) is 11.6 Å². The minimum Gasteiger partial charge on any atom is -0.290 e. The van der Waals surface area contributed by atoms with Gasteiger partial charge in [0.1, 0.15) is 0 Å². The predicted octanol–water partition coefficient (Wildman–Crippen LogP) is 2.42. The van der Waals surface area contributed by atoms with Crippen LogP contribution < -0.4 is 0 Å². The lowest BCUT2D eigenvalue weighted by Gasteiger charge is -2.02. The first-order valence-corrected chi connectivity index (χ1v) is 4.67. The molecule has 0 aromatic heterocycles. The number of Topliss-reactive ketones (excluding diaryl/α,β-unsaturated/α-hetero) is 1. The summed E-state index contributed by atoms with van der Waals surface area (Å²) < 4.78 is 0. The highest BCUT2D eigenvalue weighted by atomic mass is 35.5. The standard InChI is InChI=1S/C9H7ClN2O4/c1-5-4-6(8(13)9(10)11-14)2-3-7(5)12(15)16/h2-4,9H,1H3. The molecule has 1 atom stereocenters. The summed E-state index contributed by atoms with van der Waals surface area (Å²) in [6.45, 7) is 1.49. The molecular weight excluding hydrogens is 236 g/mol. The number of aryl methyl sites for hydroxylation is 1. The quantitative estimate of drug-likeness (QED) is 0.202. The van der Waals surface area contributed by atoms with E-state index < -0.39 is 16.2 Å². The Kier molecular flexibility index (Phi) is 3.68. The lowest BCUT2D eigenvalue weighted by molar-refractivity contribution is -0.385. The maximum atomic E-state index is 11.4. The molecule has 0 N–H and O–H groups in total. The van der Waals surface area contributed by atoms with Crippen molar-refractivity contribution in [2.45, 2.75) is 12.4 Å². The van der Waals surface area contributed by atoms with Gasteiger partial charge in [0.25, 0.3) is 5.69 Å². The summed E-state index contributed by atoms with van der Waals surface area (Å²) >= 11 is 5.34. The number of hydrogen-bond acceptors (Lipinski definition) is 5. The number of ketones is 1. The Morgan fingerprint density at radius 1 is 1.56 bits per heavy atom. The highest BCUT2D eigenvalue weighted by Gasteiger charge is 2.20. The normalized spacial score (nSPS) is 11.9. The number of nitrogens with zero attached hydrogens (tertiary/aromatic N) is 2. The fourth-order valence-corrected chi connectivity index (χ4v) is 1.32. The van der Waals surface area contributed by atoms with E-state index in [0.717, 1.165) is 0 Å². The number of halogens is 1. The van der Waals surface area contributed by atoms with E-state index in [1.165, 1.54) is 25.1 Å². The van der Waals surface area contributed by atoms with Gasteiger partial charge in [0.15, 0.2) is 0 Å². The van der Waals surface area contributed by atoms with Crippen LogP contribution in [0.4, 0.5) is 5.69 Å². The average Bonchev–Trinajstić information content (AvgIpc) is 2.26. The van der Waals surface area contributed by atoms with E-state index in [4.69, 9.17) is 11.6 Å². The number of benzene rings is 1. The molecule has 1 aromatic carbocycles. The summed E-state index contributed by atoms with van der Waals surface area (Å²) in [6.07, 6.45) is 0. The first-order valence-electron chi connectivity index (χ1n) is 4.23. The zero-order valence-electron chi connectivity index (χ0n) is 8.21. The van der Waals surface area contributed by atoms with Gasteiger partial charge in [0.2, 0.25) is 11.3 Å². The van der Waals surface area contributed by atoms with E-state index in [1.54, 1.807) is 0 Å². The van der Waals surface area contributed by atoms with Gasteiger partial charge in [-0.25, -0.2) is 0 Å². The van der Waals surface area contributed by atoms with E-state index in [2.05, 4.69) is 5.18 Å². The van der Waals surface area contributed by atoms with Gasteiger partial charge in [-0.05, 0) is 24.2 Å². The smallest absolute Gasteiger partial charge is 0.272 e. The Morgan fingerprint density at radius 2 is 2.19 bits per heavy atom. The van der Waals surface area contributed by atoms with Crippen LogP contribution in [0.15, 0.2) is 23.4 Å². The molecule has 0 amide bonds. The summed E-state index contributed by atoms with van der Waals surface area (Å²) in [6, 6.07) is 3.74. The van der Waals surface area contributed by atoms with Crippen molar-refractivity contribution in [2.24, 2.45) is 5.18 Å². The molecule has 7 heteroatoms. The topological polar surface area (TPSA) is 89.6 Å². The number of nitro benzene ring substituents is 1. The fraction of sp³-hybridized carbons (Fsp3) is 0.222. The van der Waals surface area contributed by atoms with E-state index in [9.17, 15) is 19.8 Å². The van der Waals surface area contributed by atoms with Crippen molar-refractivity contribution >= 4 is 23.1 Å². The lowest BCUT2D eigenvalue weighted by Crippen LogP contribution is -2.11. The molecule has 0 saturated carbocycles. The third-order valence-electron chi connectivity index (χ3n) is 1.99. The van der Waals surface area contributed by atoms with Crippen LogP contribution in [-0.4, -0.2) is 16.2 Å². The predicted molar refractivity (Wildman–Crippen MR) is 57.6 cm³/mol. The monoisotopic (exact) mass is 242 g/mol. The second-order valence-electron chi connectivity index (χ2n) is 3.06. The Labute approximate surface area is 95.3 Å². The van der Waals surface area contributed by atoms with E-state index in [0.29, 0.717) is 5.56 Å². The number of hydrogen-bond donors (Lipinski definition) is 0. The number of alkyl halides is 1. The average molecular weight is 243 g/mol. The van der Waals surface area contributed by atoms with Gasteiger partial charge in [0.05, 0.1) is 4.92 Å². The summed E-state index contributed by atoms with van der Waals surface area (Å²) in [5.41, 5.74) is -1.14. The van der Waals surface area contributed by atoms with Crippen molar-refractivity contribution in [1.29, 1.82) is 0 Å². The molecule has 0 fully saturated rings. The van der Waals surface area contributed by atoms with E-state index in [1.807, 2.05) is 0 Å². The molecule has 6 nitrogen and oxygen atoms in total. The van der Waals surface area contributed by atoms with Crippen LogP contribution in [0, 0.1) is 21.9 Å². The third kappa shape index (κ3) is 2.40. The maximum absolute atomic E-state index is 11.4. The van der Waals surface area contributed by atoms with Gasteiger partial charge < -0.3 is 0 Å². The molecule has 0 saturated heterocycles. The first-order chi connectivity index (χ1) is 7.47. The molecule has 0 heterocycles. The molecule has 0 aliphatic heterocycles. The summed E-state index contributed by atoms with van der Waals surface area (Å²) in [4.78, 5) is 31.4. The Morgan fingerprint density at radius 3 is 2.62 bits per heavy atom. The van der Waals surface area contributed by atoms with Crippen molar-refractivity contribution in [3.05, 3.63) is 44.3 Å². The lowest BCUT2D eigenvalue weighted by atomic mass is 10.1. The van der Waals surface area contributed by atoms with Crippen molar-refractivity contribution in [1.82, 2.24) is 0 Å². The van der Waals surface area contributed by atoms with Gasteiger partial charge in [-0.15, -0.1) is 4.91 Å². The minimum absolute atomic E-state index is 0.0956. The SMILES string of the molecule is Cc1cc(C(=O)C(Cl)N=O)ccc1[N+](=O)[O-]. The van der Waals surface area contributed by atoms with E-state index >= 15 is 0 Å². The van der Waals surface area contributed by atoms with Gasteiger partial charge in [-0.2, -0.15) is 0 Å². The van der Waals surface area contributed by atoms with Crippen LogP contribution in [0.25, 0.3) is 0 Å². The van der Waals surface area contributed by atoms with Crippen molar-refractivity contribution < 1.29 is 9.72 Å². The second-order valence-corrected chi connectivity index (χ2v) is 3.48. The molecular formula is C9H7ClN2O4. The summed E-state index contributed by atoms with van der Waals surface area (Å²) in [5, 5.41) is 12.9. The molecule has 0 bridgehead atoms. The van der Waals surface area contributed by atoms with Crippen molar-refractivity contribution in [3.63, 3.8) is 0 Å². The zero-order valence-corrected chi connectivity index (χ0v) is 8.97. The fourth-order valence-electron chi connectivity index (χ4n) is 1.20. The Balaban J connectivity index is 3.11. The highest BCUT2D eigenvalue weighted by molar-refractivity contribution is 6.33. The van der Waals surface area contributed by atoms with Crippen LogP contribution in [-0.2, 0) is 0 Å². The number of nitroso groups, excluding NO2 is 1. The highest BCUT2D eigenvalue weighted by Crippen LogP contribution is 2.20. The molecule has 1 rings (SSSR count). The van der Waals surface area contributed by atoms with Crippen LogP contribution >= 0.6 is 11.6 Å². The Bertz CT molecular complexity index is 461. The molecule has 0 aliphatic rings. The number of rotatable bonds is 4. The maximum Gasteiger partial charge on any atom is 0.272 e. The second kappa shape index (κ2) is 4.80. The molecule has 1 unspecified atom stereocenters. The number of carbonyl (C=O) groups excluding carboxylic acids is 1. The Hall–Kier alpha value is -1.82. The molecule has 16 heavy (non-hydrogen) atoms. The van der Waals surface area contributed by atoms with Gasteiger partial charge in [-0.3, -0.25) is 14.9 Å². The van der Waals surface area contributed by atoms with Crippen LogP contribution in [0.3, 0.4) is 0 Å². The number of carbonyl (C=O) groups is 1. The van der Waals surface area contributed by atoms with Crippen LogP contribution in [0.1, 0.15) is 15.9 Å². The van der Waals surface area contributed by atoms with Crippen molar-refractivity contribution in [3.8, 4) is 0 Å². The molecule has 1 aromatic rings. The van der Waals surface area contributed by atoms with E-state index in [-0.39, 0.29) is 11.3 Å². The molecule has 0 radical (unpaired) electrons. The minimum atomic E-state index is -1.50. The zero-order chi connectivity index (χ0) is 12.3. The third-order valence-corrected chi connectivity index (χ3v) is 2.26. The van der Waals surface area contributed by atoms with Crippen LogP contribution in [0.5, 0.6) is 0 Å². The summed E-state index contributed by atoms with van der Waals surface area (Å²) in [7, 11) is 0. The van der Waals surface area contributed by atoms with Gasteiger partial charge in [0, 0.05) is 17.2 Å². The van der Waals surface area contributed by atoms with Crippen molar-refractivity contribution in [2.75, 3.05) is 0 Å². The molecule has 0 aliphatic carbocycles. The largest absolute Gasteiger partial charge is 0.290 e.